The summed E-state index contributed by atoms with van der Waals surface area (Å²) >= 11 is 0. The molecule has 27 heavy (non-hydrogen) atoms. The van der Waals surface area contributed by atoms with Gasteiger partial charge in [0, 0.05) is 30.8 Å². The van der Waals surface area contributed by atoms with Crippen molar-refractivity contribution in [1.29, 1.82) is 0 Å². The van der Waals surface area contributed by atoms with E-state index in [1.54, 1.807) is 41.3 Å². The van der Waals surface area contributed by atoms with Crippen molar-refractivity contribution in [2.75, 3.05) is 18.4 Å². The van der Waals surface area contributed by atoms with Gasteiger partial charge in [0.2, 0.25) is 0 Å². The van der Waals surface area contributed by atoms with Crippen molar-refractivity contribution in [2.45, 2.75) is 26.4 Å². The van der Waals surface area contributed by atoms with E-state index in [1.165, 1.54) is 0 Å². The molecule has 6 nitrogen and oxygen atoms in total. The van der Waals surface area contributed by atoms with Gasteiger partial charge < -0.3 is 15.0 Å². The predicted molar refractivity (Wildman–Crippen MR) is 102 cm³/mol. The molecule has 2 amide bonds. The predicted octanol–water partition coefficient (Wildman–Crippen LogP) is 2.89. The zero-order chi connectivity index (χ0) is 19.4. The molecule has 0 unspecified atom stereocenters. The lowest BCUT2D eigenvalue weighted by Gasteiger charge is -2.23. The van der Waals surface area contributed by atoms with E-state index in [-0.39, 0.29) is 11.8 Å². The molecule has 2 aromatic rings. The molecule has 6 heteroatoms. The number of rotatable bonds is 5. The van der Waals surface area contributed by atoms with Crippen LogP contribution in [0, 0.1) is 0 Å². The summed E-state index contributed by atoms with van der Waals surface area (Å²) in [4.78, 5) is 38.6. The number of carbonyl (C=O) groups is 3. The maximum absolute atomic E-state index is 12.5. The lowest BCUT2D eigenvalue weighted by Crippen LogP contribution is -2.38. The van der Waals surface area contributed by atoms with Gasteiger partial charge in [0.05, 0.1) is 5.56 Å². The molecular weight excluding hydrogens is 344 g/mol. The highest BCUT2D eigenvalue weighted by Crippen LogP contribution is 2.21. The fourth-order valence-corrected chi connectivity index (χ4v) is 3.09. The molecule has 3 rings (SSSR count). The summed E-state index contributed by atoms with van der Waals surface area (Å²) in [6.07, 6.45) is -0.531. The average Bonchev–Trinajstić information content (AvgIpc) is 2.69. The monoisotopic (exact) mass is 366 g/mol. The maximum atomic E-state index is 12.5. The number of fused-ring (bicyclic) bond motifs is 1. The van der Waals surface area contributed by atoms with Gasteiger partial charge in [0.1, 0.15) is 0 Å². The van der Waals surface area contributed by atoms with Crippen molar-refractivity contribution in [3.8, 4) is 0 Å². The number of nitrogens with one attached hydrogen (secondary N) is 1. The molecule has 0 spiro atoms. The molecule has 1 N–H and O–H groups in total. The van der Waals surface area contributed by atoms with Crippen molar-refractivity contribution in [2.24, 2.45) is 0 Å². The zero-order valence-electron chi connectivity index (χ0n) is 15.4. The first-order chi connectivity index (χ1) is 13.0. The molecule has 1 aliphatic rings. The van der Waals surface area contributed by atoms with Gasteiger partial charge in [-0.15, -0.1) is 0 Å². The first kappa shape index (κ1) is 18.6. The molecule has 140 valence electrons. The molecular formula is C21H22N2O4. The normalized spacial score (nSPS) is 15.5. The molecule has 0 saturated heterocycles. The van der Waals surface area contributed by atoms with Crippen molar-refractivity contribution in [1.82, 2.24) is 4.90 Å². The molecule has 1 aliphatic heterocycles. The molecule has 1 atom stereocenters. The van der Waals surface area contributed by atoms with Crippen LogP contribution in [0.3, 0.4) is 0 Å². The average molecular weight is 366 g/mol. The number of hydrogen-bond donors (Lipinski definition) is 1. The molecule has 0 fully saturated rings. The van der Waals surface area contributed by atoms with Crippen molar-refractivity contribution in [3.05, 3.63) is 65.2 Å². The SMILES string of the molecule is CCN(CC)C(=O)c1ccc(NC(=O)[C@H]2Cc3ccccc3C(=O)O2)cc1. The number of amides is 2. The largest absolute Gasteiger partial charge is 0.448 e. The summed E-state index contributed by atoms with van der Waals surface area (Å²) in [6, 6.07) is 13.8. The summed E-state index contributed by atoms with van der Waals surface area (Å²) in [5, 5.41) is 2.75. The number of esters is 1. The van der Waals surface area contributed by atoms with Crippen molar-refractivity contribution in [3.63, 3.8) is 0 Å². The summed E-state index contributed by atoms with van der Waals surface area (Å²) in [5.41, 5.74) is 2.41. The lowest BCUT2D eigenvalue weighted by molar-refractivity contribution is -0.125. The summed E-state index contributed by atoms with van der Waals surface area (Å²) in [5.74, 6) is -0.923. The van der Waals surface area contributed by atoms with Gasteiger partial charge in [-0.25, -0.2) is 4.79 Å². The van der Waals surface area contributed by atoms with Gasteiger partial charge in [-0.05, 0) is 49.7 Å². The quantitative estimate of drug-likeness (QED) is 0.826. The Kier molecular flexibility index (Phi) is 5.54. The second-order valence-electron chi connectivity index (χ2n) is 6.30. The Balaban J connectivity index is 1.67. The van der Waals surface area contributed by atoms with Crippen LogP contribution in [-0.4, -0.2) is 41.9 Å². The second-order valence-corrected chi connectivity index (χ2v) is 6.30. The fourth-order valence-electron chi connectivity index (χ4n) is 3.09. The van der Waals surface area contributed by atoms with E-state index in [4.69, 9.17) is 4.74 Å². The number of ether oxygens (including phenoxy) is 1. The Labute approximate surface area is 158 Å². The topological polar surface area (TPSA) is 75.7 Å². The van der Waals surface area contributed by atoms with Crippen LogP contribution in [0.2, 0.25) is 0 Å². The summed E-state index contributed by atoms with van der Waals surface area (Å²) in [6.45, 7) is 5.14. The number of cyclic esters (lactones) is 1. The van der Waals surface area contributed by atoms with Gasteiger partial charge in [-0.1, -0.05) is 18.2 Å². The minimum atomic E-state index is -0.871. The number of hydrogen-bond acceptors (Lipinski definition) is 4. The molecule has 0 radical (unpaired) electrons. The smallest absolute Gasteiger partial charge is 0.339 e. The number of anilines is 1. The van der Waals surface area contributed by atoms with Crippen molar-refractivity contribution < 1.29 is 19.1 Å². The molecule has 0 saturated carbocycles. The lowest BCUT2D eigenvalue weighted by atomic mass is 9.98. The van der Waals surface area contributed by atoms with Gasteiger partial charge >= 0.3 is 5.97 Å². The first-order valence-corrected chi connectivity index (χ1v) is 9.02. The van der Waals surface area contributed by atoms with Gasteiger partial charge in [-0.2, -0.15) is 0 Å². The fraction of sp³-hybridized carbons (Fsp3) is 0.286. The van der Waals surface area contributed by atoms with E-state index in [0.29, 0.717) is 36.3 Å². The van der Waals surface area contributed by atoms with E-state index in [1.807, 2.05) is 26.0 Å². The number of benzene rings is 2. The first-order valence-electron chi connectivity index (χ1n) is 9.02. The van der Waals surface area contributed by atoms with E-state index in [0.717, 1.165) is 5.56 Å². The van der Waals surface area contributed by atoms with Crippen LogP contribution in [0.4, 0.5) is 5.69 Å². The van der Waals surface area contributed by atoms with Crippen LogP contribution in [0.15, 0.2) is 48.5 Å². The van der Waals surface area contributed by atoms with E-state index < -0.39 is 12.1 Å². The third kappa shape index (κ3) is 4.00. The third-order valence-corrected chi connectivity index (χ3v) is 4.63. The molecule has 1 heterocycles. The van der Waals surface area contributed by atoms with Crippen LogP contribution in [0.5, 0.6) is 0 Å². The maximum Gasteiger partial charge on any atom is 0.339 e. The highest BCUT2D eigenvalue weighted by Gasteiger charge is 2.31. The van der Waals surface area contributed by atoms with Crippen molar-refractivity contribution >= 4 is 23.5 Å². The number of carbonyl (C=O) groups excluding carboxylic acids is 3. The molecule has 0 bridgehead atoms. The Morgan fingerprint density at radius 3 is 2.41 bits per heavy atom. The van der Waals surface area contributed by atoms with E-state index in [9.17, 15) is 14.4 Å². The Bertz CT molecular complexity index is 857. The Morgan fingerprint density at radius 2 is 1.74 bits per heavy atom. The highest BCUT2D eigenvalue weighted by atomic mass is 16.5. The highest BCUT2D eigenvalue weighted by molar-refractivity contribution is 6.00. The Hall–Kier alpha value is -3.15. The second kappa shape index (κ2) is 8.03. The van der Waals surface area contributed by atoms with Crippen LogP contribution in [-0.2, 0) is 16.0 Å². The van der Waals surface area contributed by atoms with Crippen LogP contribution in [0.1, 0.15) is 40.1 Å². The molecule has 2 aromatic carbocycles. The summed E-state index contributed by atoms with van der Waals surface area (Å²) < 4.78 is 5.26. The minimum Gasteiger partial charge on any atom is -0.448 e. The summed E-state index contributed by atoms with van der Waals surface area (Å²) in [7, 11) is 0. The zero-order valence-corrected chi connectivity index (χ0v) is 15.4. The van der Waals surface area contributed by atoms with Crippen LogP contribution >= 0.6 is 0 Å². The van der Waals surface area contributed by atoms with E-state index >= 15 is 0 Å². The standard InChI is InChI=1S/C21H22N2O4/c1-3-23(4-2)20(25)14-9-11-16(12-10-14)22-19(24)18-13-15-7-5-6-8-17(15)21(26)27-18/h5-12,18H,3-4,13H2,1-2H3,(H,22,24)/t18-/m1/s1. The molecule has 0 aliphatic carbocycles. The Morgan fingerprint density at radius 1 is 1.07 bits per heavy atom. The number of nitrogens with zero attached hydrogens (tertiary/aromatic N) is 1. The van der Waals surface area contributed by atoms with Gasteiger partial charge in [-0.3, -0.25) is 9.59 Å². The minimum absolute atomic E-state index is 0.0457. The van der Waals surface area contributed by atoms with Crippen LogP contribution in [0.25, 0.3) is 0 Å². The van der Waals surface area contributed by atoms with Gasteiger partial charge in [0.25, 0.3) is 11.8 Å². The van der Waals surface area contributed by atoms with Crippen LogP contribution < -0.4 is 5.32 Å². The van der Waals surface area contributed by atoms with E-state index in [2.05, 4.69) is 5.32 Å². The molecule has 0 aromatic heterocycles. The third-order valence-electron chi connectivity index (χ3n) is 4.63. The van der Waals surface area contributed by atoms with Gasteiger partial charge in [0.15, 0.2) is 6.10 Å².